The van der Waals surface area contributed by atoms with E-state index < -0.39 is 0 Å². The second-order valence-electron chi connectivity index (χ2n) is 7.85. The highest BCUT2D eigenvalue weighted by molar-refractivity contribution is 6.30. The highest BCUT2D eigenvalue weighted by Gasteiger charge is 2.54. The number of amides is 2. The van der Waals surface area contributed by atoms with Crippen molar-refractivity contribution in [1.29, 1.82) is 0 Å². The van der Waals surface area contributed by atoms with Crippen LogP contribution in [0.25, 0.3) is 0 Å². The number of pyridine rings is 1. The van der Waals surface area contributed by atoms with Crippen LogP contribution in [0.4, 0.5) is 16.2 Å². The van der Waals surface area contributed by atoms with Crippen molar-refractivity contribution in [2.45, 2.75) is 13.0 Å². The number of ether oxygens (including phenoxy) is 1. The first-order chi connectivity index (χ1) is 13.0. The van der Waals surface area contributed by atoms with Crippen molar-refractivity contribution < 1.29 is 9.53 Å². The van der Waals surface area contributed by atoms with E-state index in [1.165, 1.54) is 0 Å². The van der Waals surface area contributed by atoms with Gasteiger partial charge in [-0.2, -0.15) is 0 Å². The number of urea groups is 1. The minimum absolute atomic E-state index is 0.00370. The van der Waals surface area contributed by atoms with Crippen LogP contribution in [0.3, 0.4) is 0 Å². The van der Waals surface area contributed by atoms with Gasteiger partial charge in [0.2, 0.25) is 0 Å². The standard InChI is InChI=1S/C20H21ClN4O2/c1-14-9-27-18-7-15(21)4-5-17(18)25(14)19(26)24-12-20(13-24)10-23(11-20)16-3-2-6-22-8-16/h2-8,14H,9-13H2,1H3. The van der Waals surface area contributed by atoms with Gasteiger partial charge in [0.05, 0.1) is 23.6 Å². The number of rotatable bonds is 1. The third kappa shape index (κ3) is 2.70. The van der Waals surface area contributed by atoms with Crippen LogP contribution in [0.1, 0.15) is 6.92 Å². The minimum atomic E-state index is -0.00370. The Balaban J connectivity index is 1.26. The number of hydrogen-bond donors (Lipinski definition) is 0. The summed E-state index contributed by atoms with van der Waals surface area (Å²) in [5.74, 6) is 0.676. The minimum Gasteiger partial charge on any atom is -0.489 e. The largest absolute Gasteiger partial charge is 0.489 e. The molecule has 0 radical (unpaired) electrons. The van der Waals surface area contributed by atoms with Crippen LogP contribution in [-0.4, -0.2) is 54.7 Å². The Morgan fingerprint density at radius 3 is 2.81 bits per heavy atom. The summed E-state index contributed by atoms with van der Waals surface area (Å²) >= 11 is 6.07. The first kappa shape index (κ1) is 16.7. The maximum absolute atomic E-state index is 13.2. The molecule has 3 aliphatic heterocycles. The van der Waals surface area contributed by atoms with Crippen molar-refractivity contribution in [3.8, 4) is 5.75 Å². The predicted octanol–water partition coefficient (Wildman–Crippen LogP) is 3.26. The van der Waals surface area contributed by atoms with E-state index in [-0.39, 0.29) is 17.5 Å². The van der Waals surface area contributed by atoms with Crippen molar-refractivity contribution in [2.24, 2.45) is 5.41 Å². The van der Waals surface area contributed by atoms with Gasteiger partial charge in [-0.25, -0.2) is 4.79 Å². The molecule has 6 nitrogen and oxygen atoms in total. The van der Waals surface area contributed by atoms with Crippen molar-refractivity contribution >= 4 is 29.0 Å². The van der Waals surface area contributed by atoms with E-state index >= 15 is 0 Å². The Labute approximate surface area is 163 Å². The Hall–Kier alpha value is -2.47. The maximum atomic E-state index is 13.2. The second-order valence-corrected chi connectivity index (χ2v) is 8.28. The molecule has 1 aromatic heterocycles. The van der Waals surface area contributed by atoms with Crippen LogP contribution in [0.5, 0.6) is 5.75 Å². The summed E-state index contributed by atoms with van der Waals surface area (Å²) in [6.07, 6.45) is 3.68. The van der Waals surface area contributed by atoms with Gasteiger partial charge >= 0.3 is 6.03 Å². The molecule has 7 heteroatoms. The summed E-state index contributed by atoms with van der Waals surface area (Å²) in [5.41, 5.74) is 2.18. The SMILES string of the molecule is CC1COc2cc(Cl)ccc2N1C(=O)N1CC2(C1)CN(c1cccnc1)C2. The zero-order chi connectivity index (χ0) is 18.6. The molecule has 5 rings (SSSR count). The molecule has 140 valence electrons. The average molecular weight is 385 g/mol. The average Bonchev–Trinajstić information content (AvgIpc) is 2.60. The molecule has 1 spiro atoms. The topological polar surface area (TPSA) is 48.9 Å². The van der Waals surface area contributed by atoms with Crippen molar-refractivity contribution in [3.63, 3.8) is 0 Å². The smallest absolute Gasteiger partial charge is 0.325 e. The van der Waals surface area contributed by atoms with Crippen LogP contribution in [0.2, 0.25) is 5.02 Å². The number of carbonyl (C=O) groups excluding carboxylic acids is 1. The van der Waals surface area contributed by atoms with Crippen LogP contribution in [0.15, 0.2) is 42.7 Å². The van der Waals surface area contributed by atoms with Crippen LogP contribution >= 0.6 is 11.6 Å². The molecule has 1 atom stereocenters. The van der Waals surface area contributed by atoms with Gasteiger partial charge in [0, 0.05) is 48.9 Å². The van der Waals surface area contributed by atoms with Gasteiger partial charge < -0.3 is 14.5 Å². The van der Waals surface area contributed by atoms with E-state index in [2.05, 4.69) is 16.0 Å². The third-order valence-electron chi connectivity index (χ3n) is 5.69. The fourth-order valence-corrected chi connectivity index (χ4v) is 4.52. The lowest BCUT2D eigenvalue weighted by Crippen LogP contribution is -2.74. The van der Waals surface area contributed by atoms with Gasteiger partial charge in [0.1, 0.15) is 12.4 Å². The number of fused-ring (bicyclic) bond motifs is 1. The Bertz CT molecular complexity index is 877. The molecule has 1 aromatic carbocycles. The summed E-state index contributed by atoms with van der Waals surface area (Å²) in [7, 11) is 0. The van der Waals surface area contributed by atoms with Gasteiger partial charge in [0.25, 0.3) is 0 Å². The van der Waals surface area contributed by atoms with Crippen LogP contribution in [-0.2, 0) is 0 Å². The van der Waals surface area contributed by atoms with E-state index in [1.54, 1.807) is 18.3 Å². The van der Waals surface area contributed by atoms with Crippen molar-refractivity contribution in [2.75, 3.05) is 42.6 Å². The molecule has 4 heterocycles. The lowest BCUT2D eigenvalue weighted by Gasteiger charge is -2.61. The molecule has 2 saturated heterocycles. The monoisotopic (exact) mass is 384 g/mol. The van der Waals surface area contributed by atoms with Gasteiger partial charge in [0.15, 0.2) is 0 Å². The van der Waals surface area contributed by atoms with Gasteiger partial charge in [-0.3, -0.25) is 9.88 Å². The fraction of sp³-hybridized carbons (Fsp3) is 0.400. The number of likely N-dealkylation sites (tertiary alicyclic amines) is 1. The molecule has 0 saturated carbocycles. The number of carbonyl (C=O) groups is 1. The van der Waals surface area contributed by atoms with E-state index in [4.69, 9.17) is 16.3 Å². The number of nitrogens with zero attached hydrogens (tertiary/aromatic N) is 4. The van der Waals surface area contributed by atoms with E-state index in [9.17, 15) is 4.79 Å². The highest BCUT2D eigenvalue weighted by atomic mass is 35.5. The summed E-state index contributed by atoms with van der Waals surface area (Å²) in [6, 6.07) is 9.54. The number of hydrogen-bond acceptors (Lipinski definition) is 4. The lowest BCUT2D eigenvalue weighted by atomic mass is 9.72. The first-order valence-electron chi connectivity index (χ1n) is 9.20. The van der Waals surface area contributed by atoms with Crippen molar-refractivity contribution in [1.82, 2.24) is 9.88 Å². The predicted molar refractivity (Wildman–Crippen MR) is 105 cm³/mol. The molecule has 2 amide bonds. The summed E-state index contributed by atoms with van der Waals surface area (Å²) in [4.78, 5) is 23.5. The van der Waals surface area contributed by atoms with Gasteiger partial charge in [-0.1, -0.05) is 11.6 Å². The zero-order valence-electron chi connectivity index (χ0n) is 15.1. The van der Waals surface area contributed by atoms with Gasteiger partial charge in [-0.15, -0.1) is 0 Å². The van der Waals surface area contributed by atoms with Crippen LogP contribution in [0, 0.1) is 5.41 Å². The molecule has 3 aliphatic rings. The van der Waals surface area contributed by atoms with Crippen LogP contribution < -0.4 is 14.5 Å². The fourth-order valence-electron chi connectivity index (χ4n) is 4.35. The Morgan fingerprint density at radius 1 is 1.26 bits per heavy atom. The Morgan fingerprint density at radius 2 is 2.07 bits per heavy atom. The lowest BCUT2D eigenvalue weighted by molar-refractivity contribution is 0.00895. The van der Waals surface area contributed by atoms with E-state index in [0.29, 0.717) is 17.4 Å². The molecule has 0 aliphatic carbocycles. The number of halogens is 1. The number of aromatic nitrogens is 1. The second kappa shape index (κ2) is 6.02. The first-order valence-corrected chi connectivity index (χ1v) is 9.58. The summed E-state index contributed by atoms with van der Waals surface area (Å²) in [6.45, 7) is 6.05. The molecule has 0 N–H and O–H groups in total. The maximum Gasteiger partial charge on any atom is 0.325 e. The molecular formula is C20H21ClN4O2. The molecule has 1 unspecified atom stereocenters. The van der Waals surface area contributed by atoms with Gasteiger partial charge in [-0.05, 0) is 31.2 Å². The molecule has 27 heavy (non-hydrogen) atoms. The van der Waals surface area contributed by atoms with Crippen molar-refractivity contribution in [3.05, 3.63) is 47.7 Å². The molecule has 2 aromatic rings. The Kier molecular flexibility index (Phi) is 3.72. The number of benzene rings is 1. The quantitative estimate of drug-likeness (QED) is 0.757. The van der Waals surface area contributed by atoms with E-state index in [0.717, 1.165) is 37.6 Å². The normalized spacial score (nSPS) is 22.6. The number of anilines is 2. The molecule has 2 fully saturated rings. The highest BCUT2D eigenvalue weighted by Crippen LogP contribution is 2.43. The summed E-state index contributed by atoms with van der Waals surface area (Å²) in [5, 5.41) is 0.614. The third-order valence-corrected chi connectivity index (χ3v) is 5.93. The van der Waals surface area contributed by atoms with E-state index in [1.807, 2.05) is 35.1 Å². The summed E-state index contributed by atoms with van der Waals surface area (Å²) < 4.78 is 5.76. The molecular weight excluding hydrogens is 364 g/mol. The molecule has 0 bridgehead atoms. The zero-order valence-corrected chi connectivity index (χ0v) is 15.9.